The summed E-state index contributed by atoms with van der Waals surface area (Å²) >= 11 is 6.00. The van der Waals surface area contributed by atoms with Gasteiger partial charge >= 0.3 is 6.09 Å². The van der Waals surface area contributed by atoms with Crippen LogP contribution in [0.3, 0.4) is 0 Å². The highest BCUT2D eigenvalue weighted by Crippen LogP contribution is 2.35. The molecule has 21 heavy (non-hydrogen) atoms. The van der Waals surface area contributed by atoms with Crippen LogP contribution in [0.5, 0.6) is 0 Å². The van der Waals surface area contributed by atoms with Crippen LogP contribution >= 0.6 is 11.6 Å². The number of nitrogens with one attached hydrogen (secondary N) is 1. The number of amides is 1. The minimum atomic E-state index is -0.363. The van der Waals surface area contributed by atoms with Crippen molar-refractivity contribution in [1.82, 2.24) is 10.2 Å². The molecule has 2 fully saturated rings. The van der Waals surface area contributed by atoms with E-state index in [0.29, 0.717) is 24.0 Å². The lowest BCUT2D eigenvalue weighted by Gasteiger charge is -2.34. The molecule has 4 nitrogen and oxygen atoms in total. The number of carbonyl (C=O) groups excluding carboxylic acids is 1. The lowest BCUT2D eigenvalue weighted by atomic mass is 9.82. The Kier molecular flexibility index (Phi) is 4.09. The van der Waals surface area contributed by atoms with E-state index in [1.54, 1.807) is 4.90 Å². The number of hydrogen-bond acceptors (Lipinski definition) is 3. The molecule has 114 valence electrons. The quantitative estimate of drug-likeness (QED) is 0.933. The normalized spacial score (nSPS) is 27.0. The van der Waals surface area contributed by atoms with Crippen molar-refractivity contribution in [1.29, 1.82) is 0 Å². The van der Waals surface area contributed by atoms with Crippen molar-refractivity contribution in [2.75, 3.05) is 19.6 Å². The topological polar surface area (TPSA) is 41.6 Å². The Morgan fingerprint density at radius 1 is 1.43 bits per heavy atom. The van der Waals surface area contributed by atoms with E-state index in [1.165, 1.54) is 0 Å². The highest BCUT2D eigenvalue weighted by Gasteiger charge is 2.46. The van der Waals surface area contributed by atoms with E-state index in [2.05, 4.69) is 12.2 Å². The fourth-order valence-corrected chi connectivity index (χ4v) is 3.57. The van der Waals surface area contributed by atoms with Gasteiger partial charge in [0.15, 0.2) is 0 Å². The number of benzene rings is 1. The maximum atomic E-state index is 12.2. The molecule has 0 spiro atoms. The van der Waals surface area contributed by atoms with E-state index in [9.17, 15) is 4.79 Å². The minimum absolute atomic E-state index is 0.212. The van der Waals surface area contributed by atoms with E-state index in [4.69, 9.17) is 16.3 Å². The molecule has 5 heteroatoms. The third kappa shape index (κ3) is 3.16. The first kappa shape index (κ1) is 14.7. The van der Waals surface area contributed by atoms with Crippen molar-refractivity contribution in [3.63, 3.8) is 0 Å². The number of hydrogen-bond donors (Lipinski definition) is 1. The highest BCUT2D eigenvalue weighted by molar-refractivity contribution is 6.30. The number of carbonyl (C=O) groups is 1. The maximum Gasteiger partial charge on any atom is 0.410 e. The molecule has 2 heterocycles. The van der Waals surface area contributed by atoms with Gasteiger partial charge in [-0.25, -0.2) is 4.79 Å². The van der Waals surface area contributed by atoms with E-state index in [0.717, 1.165) is 31.5 Å². The third-order valence-electron chi connectivity index (χ3n) is 4.55. The highest BCUT2D eigenvalue weighted by atomic mass is 35.5. The van der Waals surface area contributed by atoms with Gasteiger partial charge in [0.25, 0.3) is 0 Å². The Morgan fingerprint density at radius 3 is 2.90 bits per heavy atom. The fraction of sp³-hybridized carbons (Fsp3) is 0.562. The van der Waals surface area contributed by atoms with Crippen molar-refractivity contribution >= 4 is 17.7 Å². The van der Waals surface area contributed by atoms with Gasteiger partial charge in [-0.15, -0.1) is 0 Å². The van der Waals surface area contributed by atoms with E-state index >= 15 is 0 Å². The Morgan fingerprint density at radius 2 is 2.19 bits per heavy atom. The van der Waals surface area contributed by atoms with Crippen molar-refractivity contribution in [2.24, 2.45) is 5.92 Å². The number of ether oxygens (including phenoxy) is 1. The second kappa shape index (κ2) is 5.85. The minimum Gasteiger partial charge on any atom is -0.441 e. The Bertz CT molecular complexity index is 531. The van der Waals surface area contributed by atoms with Crippen molar-refractivity contribution in [3.05, 3.63) is 34.9 Å². The molecule has 0 aliphatic carbocycles. The summed E-state index contributed by atoms with van der Waals surface area (Å²) in [6.45, 7) is 5.29. The third-order valence-corrected chi connectivity index (χ3v) is 4.78. The summed E-state index contributed by atoms with van der Waals surface area (Å²) in [7, 11) is 0. The molecular formula is C16H21ClN2O2. The number of cyclic esters (lactones) is 1. The van der Waals surface area contributed by atoms with Crippen LogP contribution in [0.1, 0.15) is 25.3 Å². The zero-order valence-corrected chi connectivity index (χ0v) is 13.0. The van der Waals surface area contributed by atoms with Gasteiger partial charge in [-0.1, -0.05) is 23.7 Å². The molecule has 0 radical (unpaired) electrons. The number of piperidine rings is 1. The first-order chi connectivity index (χ1) is 10.1. The summed E-state index contributed by atoms with van der Waals surface area (Å²) in [5, 5.41) is 4.05. The summed E-state index contributed by atoms with van der Waals surface area (Å²) in [6.07, 6.45) is 1.92. The number of rotatable bonds is 3. The zero-order valence-electron chi connectivity index (χ0n) is 12.3. The van der Waals surface area contributed by atoms with Crippen LogP contribution in [0.2, 0.25) is 5.02 Å². The molecule has 2 saturated heterocycles. The molecule has 0 aromatic heterocycles. The predicted octanol–water partition coefficient (Wildman–Crippen LogP) is 3.05. The van der Waals surface area contributed by atoms with Gasteiger partial charge in [-0.2, -0.15) is 0 Å². The first-order valence-electron chi connectivity index (χ1n) is 7.50. The summed E-state index contributed by atoms with van der Waals surface area (Å²) in [4.78, 5) is 14.0. The monoisotopic (exact) mass is 308 g/mol. The molecule has 0 bridgehead atoms. The number of halogens is 1. The average molecular weight is 309 g/mol. The second-order valence-corrected chi connectivity index (χ2v) is 6.63. The molecular weight excluding hydrogens is 288 g/mol. The van der Waals surface area contributed by atoms with Gasteiger partial charge in [0.2, 0.25) is 0 Å². The molecule has 1 atom stereocenters. The van der Waals surface area contributed by atoms with Gasteiger partial charge in [-0.3, -0.25) is 4.90 Å². The Labute approximate surface area is 130 Å². The summed E-state index contributed by atoms with van der Waals surface area (Å²) in [5.74, 6) is 0.437. The van der Waals surface area contributed by atoms with Crippen LogP contribution in [0.4, 0.5) is 4.79 Å². The van der Waals surface area contributed by atoms with Gasteiger partial charge in [0.1, 0.15) is 5.60 Å². The van der Waals surface area contributed by atoms with Crippen molar-refractivity contribution < 1.29 is 9.53 Å². The molecule has 1 N–H and O–H groups in total. The molecule has 2 aliphatic heterocycles. The van der Waals surface area contributed by atoms with Crippen molar-refractivity contribution in [2.45, 2.75) is 31.9 Å². The first-order valence-corrected chi connectivity index (χ1v) is 7.88. The van der Waals surface area contributed by atoms with Gasteiger partial charge < -0.3 is 10.1 Å². The SMILES string of the molecule is CC1(C2CCNCC2)CN(Cc2cccc(Cl)c2)C(=O)O1. The van der Waals surface area contributed by atoms with Crippen LogP contribution in [0, 0.1) is 5.92 Å². The van der Waals surface area contributed by atoms with Crippen LogP contribution in [-0.2, 0) is 11.3 Å². The van der Waals surface area contributed by atoms with Crippen LogP contribution < -0.4 is 5.32 Å². The largest absolute Gasteiger partial charge is 0.441 e. The summed E-state index contributed by atoms with van der Waals surface area (Å²) < 4.78 is 5.73. The van der Waals surface area contributed by atoms with E-state index in [1.807, 2.05) is 24.3 Å². The standard InChI is InChI=1S/C16H21ClN2O2/c1-16(13-5-7-18-8-6-13)11-19(15(20)21-16)10-12-3-2-4-14(17)9-12/h2-4,9,13,18H,5-8,10-11H2,1H3. The molecule has 2 aliphatic rings. The van der Waals surface area contributed by atoms with Crippen molar-refractivity contribution in [3.8, 4) is 0 Å². The van der Waals surface area contributed by atoms with Gasteiger partial charge in [-0.05, 0) is 50.6 Å². The smallest absolute Gasteiger partial charge is 0.410 e. The molecule has 1 amide bonds. The molecule has 3 rings (SSSR count). The van der Waals surface area contributed by atoms with Gasteiger partial charge in [0.05, 0.1) is 6.54 Å². The maximum absolute atomic E-state index is 12.2. The van der Waals surface area contributed by atoms with Crippen LogP contribution in [-0.4, -0.2) is 36.2 Å². The van der Waals surface area contributed by atoms with Crippen LogP contribution in [0.25, 0.3) is 0 Å². The second-order valence-electron chi connectivity index (χ2n) is 6.19. The van der Waals surface area contributed by atoms with E-state index < -0.39 is 0 Å². The molecule has 1 aromatic carbocycles. The molecule has 0 saturated carbocycles. The Balaban J connectivity index is 1.69. The summed E-state index contributed by atoms with van der Waals surface area (Å²) in [5.41, 5.74) is 0.673. The zero-order chi connectivity index (χ0) is 14.9. The Hall–Kier alpha value is -1.26. The predicted molar refractivity (Wildman–Crippen MR) is 82.3 cm³/mol. The van der Waals surface area contributed by atoms with E-state index in [-0.39, 0.29) is 11.7 Å². The van der Waals surface area contributed by atoms with Gasteiger partial charge in [0, 0.05) is 17.5 Å². The van der Waals surface area contributed by atoms with Crippen LogP contribution in [0.15, 0.2) is 24.3 Å². The molecule has 1 aromatic rings. The summed E-state index contributed by atoms with van der Waals surface area (Å²) in [6, 6.07) is 7.63. The fourth-order valence-electron chi connectivity index (χ4n) is 3.36. The lowest BCUT2D eigenvalue weighted by Crippen LogP contribution is -2.44. The average Bonchev–Trinajstić information content (AvgIpc) is 2.76. The number of nitrogens with zero attached hydrogens (tertiary/aromatic N) is 1. The lowest BCUT2D eigenvalue weighted by molar-refractivity contribution is 0.00943. The molecule has 1 unspecified atom stereocenters.